The number of hydrogen-bond donors (Lipinski definition) is 2. The molecule has 0 aliphatic heterocycles. The molecule has 0 spiro atoms. The number of oxime groups is 1. The molecule has 0 aromatic carbocycles. The molecule has 3 N–H and O–H groups in total. The van der Waals surface area contributed by atoms with Crippen LogP contribution < -0.4 is 5.73 Å². The molecule has 4 rings (SSSR count). The number of aliphatic hydroxyl groups is 1. The van der Waals surface area contributed by atoms with E-state index in [1.807, 2.05) is 0 Å². The van der Waals surface area contributed by atoms with Crippen molar-refractivity contribution < 1.29 is 19.5 Å². The number of fused-ring (bicyclic) bond motifs is 5. The van der Waals surface area contributed by atoms with E-state index in [2.05, 4.69) is 11.2 Å². The van der Waals surface area contributed by atoms with Crippen LogP contribution in [0.15, 0.2) is 16.8 Å². The smallest absolute Gasteiger partial charge is 0.220 e. The quantitative estimate of drug-likeness (QED) is 0.558. The van der Waals surface area contributed by atoms with Gasteiger partial charge in [0.05, 0.1) is 12.1 Å². The van der Waals surface area contributed by atoms with E-state index in [1.165, 1.54) is 5.57 Å². The third-order valence-electron chi connectivity index (χ3n) is 7.95. The van der Waals surface area contributed by atoms with Crippen LogP contribution in [0.25, 0.3) is 0 Å². The minimum Gasteiger partial charge on any atom is -0.395 e. The lowest BCUT2D eigenvalue weighted by molar-refractivity contribution is -0.142. The topological polar surface area (TPSA) is 102 Å². The van der Waals surface area contributed by atoms with Crippen LogP contribution in [-0.4, -0.2) is 34.7 Å². The molecular weight excluding hydrogens is 356 g/mol. The van der Waals surface area contributed by atoms with Gasteiger partial charge in [-0.3, -0.25) is 9.59 Å². The van der Waals surface area contributed by atoms with Crippen LogP contribution in [0.5, 0.6) is 0 Å². The Morgan fingerprint density at radius 2 is 2.00 bits per heavy atom. The minimum absolute atomic E-state index is 0.0373. The Bertz CT molecular complexity index is 715. The summed E-state index contributed by atoms with van der Waals surface area (Å²) in [6.07, 6.45) is 10.4. The van der Waals surface area contributed by atoms with E-state index in [4.69, 9.17) is 10.6 Å². The average Bonchev–Trinajstić information content (AvgIpc) is 3.03. The van der Waals surface area contributed by atoms with Gasteiger partial charge in [0, 0.05) is 0 Å². The van der Waals surface area contributed by atoms with Crippen LogP contribution in [0.1, 0.15) is 64.7 Å². The first kappa shape index (κ1) is 19.6. The monoisotopic (exact) mass is 388 g/mol. The number of ketones is 1. The van der Waals surface area contributed by atoms with E-state index < -0.39 is 5.60 Å². The van der Waals surface area contributed by atoms with Gasteiger partial charge in [0.15, 0.2) is 5.78 Å². The zero-order valence-corrected chi connectivity index (χ0v) is 16.7. The Morgan fingerprint density at radius 1 is 1.18 bits per heavy atom. The number of Topliss-reactive ketones (excluding diaryl/α,β-unsaturated/α-hetero) is 1. The van der Waals surface area contributed by atoms with Gasteiger partial charge in [0.2, 0.25) is 5.91 Å². The van der Waals surface area contributed by atoms with Gasteiger partial charge in [-0.1, -0.05) is 10.7 Å². The van der Waals surface area contributed by atoms with Crippen LogP contribution in [-0.2, 0) is 14.4 Å². The maximum atomic E-state index is 12.1. The van der Waals surface area contributed by atoms with Crippen molar-refractivity contribution in [1.29, 1.82) is 0 Å². The molecule has 0 bridgehead atoms. The summed E-state index contributed by atoms with van der Waals surface area (Å²) in [6, 6.07) is 0. The second kappa shape index (κ2) is 7.62. The maximum Gasteiger partial charge on any atom is 0.220 e. The van der Waals surface area contributed by atoms with Crippen LogP contribution in [0.3, 0.4) is 0 Å². The zero-order chi connectivity index (χ0) is 19.9. The lowest BCUT2D eigenvalue weighted by atomic mass is 9.55. The Labute approximate surface area is 166 Å². The molecule has 3 fully saturated rings. The molecule has 6 nitrogen and oxygen atoms in total. The molecular formula is C22H32N2O4. The average molecular weight is 389 g/mol. The molecule has 4 aliphatic rings. The number of hydrogen-bond acceptors (Lipinski definition) is 5. The minimum atomic E-state index is -1.07. The summed E-state index contributed by atoms with van der Waals surface area (Å²) in [5, 5.41) is 15.1. The molecule has 0 radical (unpaired) electrons. The third-order valence-corrected chi connectivity index (χ3v) is 7.95. The first-order chi connectivity index (χ1) is 13.4. The second-order valence-corrected chi connectivity index (χ2v) is 9.23. The van der Waals surface area contributed by atoms with Gasteiger partial charge in [-0.25, -0.2) is 0 Å². The molecule has 6 atom stereocenters. The molecule has 1 amide bonds. The number of nitrogens with zero attached hydrogens (tertiary/aromatic N) is 1. The van der Waals surface area contributed by atoms with Crippen molar-refractivity contribution in [2.45, 2.75) is 70.3 Å². The molecule has 0 aromatic rings. The van der Waals surface area contributed by atoms with Gasteiger partial charge in [-0.05, 0) is 94.0 Å². The summed E-state index contributed by atoms with van der Waals surface area (Å²) in [5.41, 5.74) is 6.50. The van der Waals surface area contributed by atoms with Crippen LogP contribution in [0, 0.1) is 29.6 Å². The first-order valence-corrected chi connectivity index (χ1v) is 10.8. The molecule has 3 saturated carbocycles. The van der Waals surface area contributed by atoms with Crippen molar-refractivity contribution in [1.82, 2.24) is 0 Å². The highest BCUT2D eigenvalue weighted by atomic mass is 16.6. The fraction of sp³-hybridized carbons (Fsp3) is 0.773. The predicted molar refractivity (Wildman–Crippen MR) is 105 cm³/mol. The van der Waals surface area contributed by atoms with Gasteiger partial charge in [0.25, 0.3) is 0 Å². The van der Waals surface area contributed by atoms with Crippen molar-refractivity contribution in [2.75, 3.05) is 6.61 Å². The SMILES string of the molecule is CC(=O)C1(O)CCC2C3CCC4=CC(=NOCCC(N)=O)CCC4C3CCC21. The van der Waals surface area contributed by atoms with E-state index in [1.54, 1.807) is 6.92 Å². The third kappa shape index (κ3) is 3.40. The molecule has 154 valence electrons. The summed E-state index contributed by atoms with van der Waals surface area (Å²) < 4.78 is 0. The molecule has 6 unspecified atom stereocenters. The second-order valence-electron chi connectivity index (χ2n) is 9.23. The fourth-order valence-corrected chi connectivity index (χ4v) is 6.67. The molecule has 4 aliphatic carbocycles. The van der Waals surface area contributed by atoms with Gasteiger partial charge in [-0.15, -0.1) is 0 Å². The molecule has 28 heavy (non-hydrogen) atoms. The lowest BCUT2D eigenvalue weighted by Crippen LogP contribution is -2.48. The number of amides is 1. The van der Waals surface area contributed by atoms with Gasteiger partial charge in [-0.2, -0.15) is 0 Å². The summed E-state index contributed by atoms with van der Waals surface area (Å²) >= 11 is 0. The number of rotatable bonds is 5. The van der Waals surface area contributed by atoms with Gasteiger partial charge < -0.3 is 15.7 Å². The highest BCUT2D eigenvalue weighted by molar-refractivity contribution is 5.96. The predicted octanol–water partition coefficient (Wildman–Crippen LogP) is 2.74. The van der Waals surface area contributed by atoms with Crippen molar-refractivity contribution in [3.63, 3.8) is 0 Å². The summed E-state index contributed by atoms with van der Waals surface area (Å²) in [6.45, 7) is 1.79. The number of nitrogens with two attached hydrogens (primary N) is 1. The van der Waals surface area contributed by atoms with E-state index >= 15 is 0 Å². The van der Waals surface area contributed by atoms with Crippen LogP contribution >= 0.6 is 0 Å². The molecule has 6 heteroatoms. The zero-order valence-electron chi connectivity index (χ0n) is 16.7. The lowest BCUT2D eigenvalue weighted by Gasteiger charge is -2.50. The summed E-state index contributed by atoms with van der Waals surface area (Å²) in [5.74, 6) is 2.17. The largest absolute Gasteiger partial charge is 0.395 e. The highest BCUT2D eigenvalue weighted by Gasteiger charge is 2.57. The first-order valence-electron chi connectivity index (χ1n) is 10.8. The fourth-order valence-electron chi connectivity index (χ4n) is 6.67. The molecule has 0 aromatic heterocycles. The maximum absolute atomic E-state index is 12.1. The summed E-state index contributed by atoms with van der Waals surface area (Å²) in [4.78, 5) is 28.1. The Balaban J connectivity index is 1.43. The van der Waals surface area contributed by atoms with Crippen molar-refractivity contribution in [2.24, 2.45) is 40.5 Å². The van der Waals surface area contributed by atoms with Crippen molar-refractivity contribution >= 4 is 17.4 Å². The number of allylic oxidation sites excluding steroid dienone is 2. The normalized spacial score (nSPS) is 40.9. The Morgan fingerprint density at radius 3 is 2.75 bits per heavy atom. The highest BCUT2D eigenvalue weighted by Crippen LogP contribution is 2.59. The van der Waals surface area contributed by atoms with Gasteiger partial charge in [0.1, 0.15) is 12.2 Å². The standard InChI is InChI=1S/C22H32N2O4/c1-13(25)22(27)10-8-19-18-4-2-14-12-15(24-28-11-9-21(23)26)3-5-16(14)17(18)6-7-20(19)22/h12,16-20,27H,2-11H2,1H3,(H2,23,26). The molecule has 0 saturated heterocycles. The summed E-state index contributed by atoms with van der Waals surface area (Å²) in [7, 11) is 0. The Kier molecular flexibility index (Phi) is 5.34. The van der Waals surface area contributed by atoms with E-state index in [0.29, 0.717) is 30.1 Å². The molecule has 0 heterocycles. The number of carbonyl (C=O) groups is 2. The number of carbonyl (C=O) groups excluding carboxylic acids is 2. The van der Waals surface area contributed by atoms with Crippen molar-refractivity contribution in [3.05, 3.63) is 11.6 Å². The van der Waals surface area contributed by atoms with Gasteiger partial charge >= 0.3 is 0 Å². The van der Waals surface area contributed by atoms with Crippen molar-refractivity contribution in [3.8, 4) is 0 Å². The van der Waals surface area contributed by atoms with Crippen LogP contribution in [0.2, 0.25) is 0 Å². The van der Waals surface area contributed by atoms with E-state index in [9.17, 15) is 14.7 Å². The van der Waals surface area contributed by atoms with E-state index in [0.717, 1.165) is 50.7 Å². The van der Waals surface area contributed by atoms with Crippen LogP contribution in [0.4, 0.5) is 0 Å². The Hall–Kier alpha value is -1.69. The number of primary amides is 1. The van der Waals surface area contributed by atoms with E-state index in [-0.39, 0.29) is 30.6 Å².